The Hall–Kier alpha value is -0.570. The van der Waals surface area contributed by atoms with E-state index >= 15 is 0 Å². The zero-order valence-corrected chi connectivity index (χ0v) is 14.8. The molecule has 0 radical (unpaired) electrons. The molecule has 0 saturated carbocycles. The average molecular weight is 296 g/mol. The Labute approximate surface area is 131 Å². The number of likely N-dealkylation sites (tertiary alicyclic amines) is 1. The van der Waals surface area contributed by atoms with Gasteiger partial charge in [-0.3, -0.25) is 4.79 Å². The number of hydrogen-bond acceptors (Lipinski definition) is 2. The van der Waals surface area contributed by atoms with Gasteiger partial charge in [0.1, 0.15) is 0 Å². The van der Waals surface area contributed by atoms with Crippen molar-refractivity contribution in [1.82, 2.24) is 4.90 Å². The molecule has 0 aromatic carbocycles. The molecule has 1 aliphatic heterocycles. The first kappa shape index (κ1) is 18.5. The first-order valence-electron chi connectivity index (χ1n) is 8.73. The Balaban J connectivity index is 2.37. The lowest BCUT2D eigenvalue weighted by molar-refractivity contribution is -0.133. The highest BCUT2D eigenvalue weighted by Crippen LogP contribution is 2.34. The van der Waals surface area contributed by atoms with Crippen molar-refractivity contribution in [2.24, 2.45) is 28.9 Å². The maximum absolute atomic E-state index is 12.4. The number of carbonyl (C=O) groups excluding carboxylic acids is 1. The maximum atomic E-state index is 12.4. The van der Waals surface area contributed by atoms with Crippen molar-refractivity contribution in [3.63, 3.8) is 0 Å². The van der Waals surface area contributed by atoms with Crippen LogP contribution in [-0.4, -0.2) is 30.4 Å². The van der Waals surface area contributed by atoms with Crippen molar-refractivity contribution in [1.29, 1.82) is 0 Å². The number of amides is 1. The number of carbonyl (C=O) groups is 1. The summed E-state index contributed by atoms with van der Waals surface area (Å²) in [5.41, 5.74) is 6.05. The maximum Gasteiger partial charge on any atom is 0.222 e. The molecule has 1 aliphatic rings. The zero-order chi connectivity index (χ0) is 16.0. The van der Waals surface area contributed by atoms with Gasteiger partial charge in [0, 0.05) is 19.5 Å². The van der Waals surface area contributed by atoms with Crippen LogP contribution in [0.1, 0.15) is 66.7 Å². The number of piperidine rings is 1. The van der Waals surface area contributed by atoms with E-state index in [1.54, 1.807) is 0 Å². The summed E-state index contributed by atoms with van der Waals surface area (Å²) in [5, 5.41) is 0. The Morgan fingerprint density at radius 3 is 2.19 bits per heavy atom. The van der Waals surface area contributed by atoms with Gasteiger partial charge in [-0.2, -0.15) is 0 Å². The predicted octanol–water partition coefficient (Wildman–Crippen LogP) is 3.67. The lowest BCUT2D eigenvalue weighted by atomic mass is 9.75. The molecule has 1 heterocycles. The van der Waals surface area contributed by atoms with Gasteiger partial charge < -0.3 is 10.6 Å². The molecule has 3 heteroatoms. The van der Waals surface area contributed by atoms with Crippen LogP contribution < -0.4 is 5.73 Å². The number of nitrogens with zero attached hydrogens (tertiary/aromatic N) is 1. The highest BCUT2D eigenvalue weighted by atomic mass is 16.2. The van der Waals surface area contributed by atoms with Crippen molar-refractivity contribution in [2.75, 3.05) is 19.6 Å². The van der Waals surface area contributed by atoms with Gasteiger partial charge >= 0.3 is 0 Å². The van der Waals surface area contributed by atoms with Crippen LogP contribution in [0.2, 0.25) is 0 Å². The lowest BCUT2D eigenvalue weighted by Gasteiger charge is -2.39. The van der Waals surface area contributed by atoms with Crippen LogP contribution >= 0.6 is 0 Å². The fourth-order valence-corrected chi connectivity index (χ4v) is 3.49. The molecule has 1 fully saturated rings. The molecule has 1 unspecified atom stereocenters. The minimum Gasteiger partial charge on any atom is -0.343 e. The first-order chi connectivity index (χ1) is 9.75. The average Bonchev–Trinajstić information content (AvgIpc) is 2.42. The van der Waals surface area contributed by atoms with E-state index in [0.717, 1.165) is 51.2 Å². The summed E-state index contributed by atoms with van der Waals surface area (Å²) >= 11 is 0. The smallest absolute Gasteiger partial charge is 0.222 e. The van der Waals surface area contributed by atoms with Gasteiger partial charge in [0.25, 0.3) is 0 Å². The van der Waals surface area contributed by atoms with Gasteiger partial charge in [0.05, 0.1) is 0 Å². The highest BCUT2D eigenvalue weighted by Gasteiger charge is 2.30. The third-order valence-corrected chi connectivity index (χ3v) is 5.28. The second kappa shape index (κ2) is 8.17. The normalized spacial score (nSPS) is 19.1. The quantitative estimate of drug-likeness (QED) is 0.813. The molecule has 124 valence electrons. The van der Waals surface area contributed by atoms with Gasteiger partial charge in [0.2, 0.25) is 5.91 Å². The fraction of sp³-hybridized carbons (Fsp3) is 0.944. The predicted molar refractivity (Wildman–Crippen MR) is 90.0 cm³/mol. The van der Waals surface area contributed by atoms with Crippen LogP contribution in [0.5, 0.6) is 0 Å². The van der Waals surface area contributed by atoms with Crippen molar-refractivity contribution in [2.45, 2.75) is 66.7 Å². The molecule has 1 saturated heterocycles. The third kappa shape index (κ3) is 5.98. The molecular weight excluding hydrogens is 260 g/mol. The van der Waals surface area contributed by atoms with Crippen molar-refractivity contribution in [3.05, 3.63) is 0 Å². The first-order valence-corrected chi connectivity index (χ1v) is 8.73. The van der Waals surface area contributed by atoms with E-state index in [1.807, 2.05) is 0 Å². The Bertz CT molecular complexity index is 312. The van der Waals surface area contributed by atoms with Crippen molar-refractivity contribution >= 4 is 5.91 Å². The number of rotatable bonds is 6. The summed E-state index contributed by atoms with van der Waals surface area (Å²) < 4.78 is 0. The van der Waals surface area contributed by atoms with Crippen LogP contribution in [0, 0.1) is 23.2 Å². The molecule has 2 N–H and O–H groups in total. The second-order valence-electron chi connectivity index (χ2n) is 8.14. The second-order valence-corrected chi connectivity index (χ2v) is 8.14. The van der Waals surface area contributed by atoms with E-state index < -0.39 is 0 Å². The molecule has 1 atom stereocenters. The van der Waals surface area contributed by atoms with Gasteiger partial charge in [-0.1, -0.05) is 34.6 Å². The topological polar surface area (TPSA) is 46.3 Å². The Kier molecular flexibility index (Phi) is 7.19. The Morgan fingerprint density at radius 2 is 1.76 bits per heavy atom. The molecular formula is C18H36N2O. The van der Waals surface area contributed by atoms with E-state index in [9.17, 15) is 4.79 Å². The van der Waals surface area contributed by atoms with Gasteiger partial charge in [-0.05, 0) is 55.4 Å². The largest absolute Gasteiger partial charge is 0.343 e. The van der Waals surface area contributed by atoms with E-state index in [2.05, 4.69) is 39.5 Å². The van der Waals surface area contributed by atoms with Crippen LogP contribution in [0.4, 0.5) is 0 Å². The van der Waals surface area contributed by atoms with Crippen LogP contribution in [0.15, 0.2) is 0 Å². The highest BCUT2D eigenvalue weighted by molar-refractivity contribution is 5.76. The van der Waals surface area contributed by atoms with E-state index in [-0.39, 0.29) is 0 Å². The standard InChI is InChI=1S/C18H36N2O/c1-14(2)15(8-11-19)6-7-17(21)20-12-9-16(10-13-20)18(3,4)5/h14-16H,6-13,19H2,1-5H3. The summed E-state index contributed by atoms with van der Waals surface area (Å²) in [7, 11) is 0. The third-order valence-electron chi connectivity index (χ3n) is 5.28. The molecule has 21 heavy (non-hydrogen) atoms. The summed E-state index contributed by atoms with van der Waals surface area (Å²) in [6, 6.07) is 0. The summed E-state index contributed by atoms with van der Waals surface area (Å²) in [6.45, 7) is 14.0. The molecule has 0 bridgehead atoms. The van der Waals surface area contributed by atoms with Gasteiger partial charge in [-0.15, -0.1) is 0 Å². The summed E-state index contributed by atoms with van der Waals surface area (Å²) in [5.74, 6) is 2.31. The molecule has 0 aliphatic carbocycles. The van der Waals surface area contributed by atoms with Gasteiger partial charge in [-0.25, -0.2) is 0 Å². The van der Waals surface area contributed by atoms with Crippen LogP contribution in [-0.2, 0) is 4.79 Å². The molecule has 1 rings (SSSR count). The summed E-state index contributed by atoms with van der Waals surface area (Å²) in [4.78, 5) is 14.5. The van der Waals surface area contributed by atoms with E-state index in [0.29, 0.717) is 29.6 Å². The summed E-state index contributed by atoms with van der Waals surface area (Å²) in [6.07, 6.45) is 5.05. The van der Waals surface area contributed by atoms with E-state index in [4.69, 9.17) is 5.73 Å². The monoisotopic (exact) mass is 296 g/mol. The Morgan fingerprint density at radius 1 is 1.19 bits per heavy atom. The van der Waals surface area contributed by atoms with E-state index in [1.165, 1.54) is 0 Å². The van der Waals surface area contributed by atoms with Crippen LogP contribution in [0.3, 0.4) is 0 Å². The molecule has 3 nitrogen and oxygen atoms in total. The molecule has 0 aromatic rings. The molecule has 0 aromatic heterocycles. The minimum atomic E-state index is 0.352. The lowest BCUT2D eigenvalue weighted by Crippen LogP contribution is -2.41. The minimum absolute atomic E-state index is 0.352. The fourth-order valence-electron chi connectivity index (χ4n) is 3.49. The zero-order valence-electron chi connectivity index (χ0n) is 14.8. The number of hydrogen-bond donors (Lipinski definition) is 1. The SMILES string of the molecule is CC(C)C(CCN)CCC(=O)N1CCC(C(C)(C)C)CC1. The molecule has 0 spiro atoms. The van der Waals surface area contributed by atoms with Crippen molar-refractivity contribution < 1.29 is 4.79 Å². The molecule has 1 amide bonds. The van der Waals surface area contributed by atoms with Gasteiger partial charge in [0.15, 0.2) is 0 Å². The number of nitrogens with two attached hydrogens (primary N) is 1. The van der Waals surface area contributed by atoms with Crippen molar-refractivity contribution in [3.8, 4) is 0 Å². The van der Waals surface area contributed by atoms with Crippen LogP contribution in [0.25, 0.3) is 0 Å².